The fourth-order valence-corrected chi connectivity index (χ4v) is 2.51. The smallest absolute Gasteiger partial charge is 0.366 e. The lowest BCUT2D eigenvalue weighted by Crippen LogP contribution is -2.14. The zero-order valence-corrected chi connectivity index (χ0v) is 15.1. The van der Waals surface area contributed by atoms with Crippen LogP contribution in [0.3, 0.4) is 0 Å². The summed E-state index contributed by atoms with van der Waals surface area (Å²) in [6, 6.07) is 8.92. The number of rotatable bonds is 5. The lowest BCUT2D eigenvalue weighted by atomic mass is 9.99. The third kappa shape index (κ3) is 5.23. The van der Waals surface area contributed by atoms with Gasteiger partial charge in [-0.25, -0.2) is 4.99 Å². The Morgan fingerprint density at radius 3 is 2.36 bits per heavy atom. The Hall–Kier alpha value is -2.01. The van der Waals surface area contributed by atoms with Crippen LogP contribution in [0.4, 0.5) is 18.9 Å². The van der Waals surface area contributed by atoms with Crippen molar-refractivity contribution < 1.29 is 13.2 Å². The van der Waals surface area contributed by atoms with E-state index in [-0.39, 0.29) is 0 Å². The molecule has 25 heavy (non-hydrogen) atoms. The zero-order valence-electron chi connectivity index (χ0n) is 14.4. The maximum Gasteiger partial charge on any atom is 0.416 e. The van der Waals surface area contributed by atoms with E-state index in [0.29, 0.717) is 17.1 Å². The minimum Gasteiger partial charge on any atom is -0.366 e. The van der Waals surface area contributed by atoms with Gasteiger partial charge < -0.3 is 4.90 Å². The van der Waals surface area contributed by atoms with Gasteiger partial charge in [0, 0.05) is 13.6 Å². The Morgan fingerprint density at radius 1 is 1.16 bits per heavy atom. The third-order valence-corrected chi connectivity index (χ3v) is 4.28. The summed E-state index contributed by atoms with van der Waals surface area (Å²) in [4.78, 5) is 6.30. The van der Waals surface area contributed by atoms with Gasteiger partial charge in [0.05, 0.1) is 22.6 Å². The van der Waals surface area contributed by atoms with Gasteiger partial charge in [0.1, 0.15) is 0 Å². The maximum atomic E-state index is 12.6. The molecule has 0 aliphatic heterocycles. The van der Waals surface area contributed by atoms with Gasteiger partial charge in [-0.3, -0.25) is 0 Å². The highest BCUT2D eigenvalue weighted by atomic mass is 35.5. The van der Waals surface area contributed by atoms with E-state index in [1.54, 1.807) is 6.34 Å². The monoisotopic (exact) mass is 368 g/mol. The fraction of sp³-hybridized carbons (Fsp3) is 0.316. The molecule has 2 aromatic rings. The topological polar surface area (TPSA) is 15.6 Å². The predicted molar refractivity (Wildman–Crippen MR) is 96.9 cm³/mol. The highest BCUT2D eigenvalue weighted by Crippen LogP contribution is 2.31. The minimum absolute atomic E-state index is 0.516. The highest BCUT2D eigenvalue weighted by Gasteiger charge is 2.29. The molecule has 0 heterocycles. The molecule has 0 radical (unpaired) electrons. The van der Waals surface area contributed by atoms with Gasteiger partial charge in [0.2, 0.25) is 0 Å². The Kier molecular flexibility index (Phi) is 6.11. The second kappa shape index (κ2) is 7.91. The molecule has 0 unspecified atom stereocenters. The SMILES string of the molecule is CCN(C)C=Nc1cc(C)c(Cc2ccc(C(F)(F)F)cc2)cc1Cl. The lowest BCUT2D eigenvalue weighted by Gasteiger charge is -2.12. The van der Waals surface area contributed by atoms with Crippen LogP contribution in [0.1, 0.15) is 29.2 Å². The van der Waals surface area contributed by atoms with Gasteiger partial charge >= 0.3 is 6.18 Å². The van der Waals surface area contributed by atoms with Crippen LogP contribution in [0.2, 0.25) is 5.02 Å². The number of nitrogens with zero attached hydrogens (tertiary/aromatic N) is 2. The van der Waals surface area contributed by atoms with Gasteiger partial charge in [-0.1, -0.05) is 23.7 Å². The summed E-state index contributed by atoms with van der Waals surface area (Å²) >= 11 is 6.30. The van der Waals surface area contributed by atoms with Crippen LogP contribution in [0.5, 0.6) is 0 Å². The average Bonchev–Trinajstić information content (AvgIpc) is 2.56. The van der Waals surface area contributed by atoms with E-state index in [2.05, 4.69) is 4.99 Å². The van der Waals surface area contributed by atoms with Gasteiger partial charge in [0.25, 0.3) is 0 Å². The molecule has 0 saturated carbocycles. The van der Waals surface area contributed by atoms with Crippen molar-refractivity contribution in [3.63, 3.8) is 0 Å². The standard InChI is InChI=1S/C19H20ClF3N2/c1-4-25(3)12-24-18-9-13(2)15(11-17(18)20)10-14-5-7-16(8-6-14)19(21,22)23/h5-9,11-12H,4,10H2,1-3H3. The molecule has 0 bridgehead atoms. The van der Waals surface area contributed by atoms with E-state index < -0.39 is 11.7 Å². The molecule has 0 atom stereocenters. The largest absolute Gasteiger partial charge is 0.416 e. The molecule has 0 fully saturated rings. The van der Waals surface area contributed by atoms with Crippen LogP contribution in [-0.2, 0) is 12.6 Å². The number of hydrogen-bond acceptors (Lipinski definition) is 1. The van der Waals surface area contributed by atoms with E-state index in [1.807, 2.05) is 37.9 Å². The van der Waals surface area contributed by atoms with Gasteiger partial charge in [0.15, 0.2) is 0 Å². The molecule has 0 amide bonds. The summed E-state index contributed by atoms with van der Waals surface area (Å²) in [5.74, 6) is 0. The second-order valence-electron chi connectivity index (χ2n) is 5.92. The van der Waals surface area contributed by atoms with E-state index >= 15 is 0 Å². The van der Waals surface area contributed by atoms with E-state index in [4.69, 9.17) is 11.6 Å². The van der Waals surface area contributed by atoms with Crippen LogP contribution in [0.15, 0.2) is 41.4 Å². The minimum atomic E-state index is -4.32. The van der Waals surface area contributed by atoms with Crippen molar-refractivity contribution in [1.29, 1.82) is 0 Å². The Labute approximate surface area is 150 Å². The summed E-state index contributed by atoms with van der Waals surface area (Å²) in [6.45, 7) is 4.80. The summed E-state index contributed by atoms with van der Waals surface area (Å²) in [5, 5.41) is 0.522. The van der Waals surface area contributed by atoms with Crippen LogP contribution in [-0.4, -0.2) is 24.8 Å². The number of hydrogen-bond donors (Lipinski definition) is 0. The number of aliphatic imine (C=N–C) groups is 1. The molecule has 0 aromatic heterocycles. The van der Waals surface area contributed by atoms with Crippen molar-refractivity contribution in [1.82, 2.24) is 4.90 Å². The van der Waals surface area contributed by atoms with E-state index in [1.165, 1.54) is 12.1 Å². The Bertz CT molecular complexity index is 752. The lowest BCUT2D eigenvalue weighted by molar-refractivity contribution is -0.137. The van der Waals surface area contributed by atoms with E-state index in [0.717, 1.165) is 35.4 Å². The first-order valence-electron chi connectivity index (χ1n) is 7.90. The predicted octanol–water partition coefficient (Wildman–Crippen LogP) is 5.87. The van der Waals surface area contributed by atoms with E-state index in [9.17, 15) is 13.2 Å². The molecule has 2 aromatic carbocycles. The van der Waals surface area contributed by atoms with Crippen molar-refractivity contribution in [2.45, 2.75) is 26.4 Å². The molecule has 0 saturated heterocycles. The molecule has 2 nitrogen and oxygen atoms in total. The first kappa shape index (κ1) is 19.3. The van der Waals surface area contributed by atoms with Gasteiger partial charge in [-0.2, -0.15) is 13.2 Å². The molecule has 0 spiro atoms. The second-order valence-corrected chi connectivity index (χ2v) is 6.33. The normalized spacial score (nSPS) is 12.0. The average molecular weight is 369 g/mol. The van der Waals surface area contributed by atoms with Crippen molar-refractivity contribution in [3.8, 4) is 0 Å². The van der Waals surface area contributed by atoms with Gasteiger partial charge in [-0.05, 0) is 61.2 Å². The fourth-order valence-electron chi connectivity index (χ4n) is 2.27. The van der Waals surface area contributed by atoms with Crippen molar-refractivity contribution in [2.24, 2.45) is 4.99 Å². The molecule has 2 rings (SSSR count). The number of alkyl halides is 3. The first-order chi connectivity index (χ1) is 11.7. The molecule has 6 heteroatoms. The molecule has 0 aliphatic rings. The molecule has 0 N–H and O–H groups in total. The van der Waals surface area contributed by atoms with Crippen LogP contribution >= 0.6 is 11.6 Å². The molecule has 0 aliphatic carbocycles. The van der Waals surface area contributed by atoms with Crippen LogP contribution < -0.4 is 0 Å². The summed E-state index contributed by atoms with van der Waals surface area (Å²) < 4.78 is 37.9. The van der Waals surface area contributed by atoms with Crippen molar-refractivity contribution >= 4 is 23.6 Å². The summed E-state index contributed by atoms with van der Waals surface area (Å²) in [5.41, 5.74) is 2.80. The first-order valence-corrected chi connectivity index (χ1v) is 8.28. The highest BCUT2D eigenvalue weighted by molar-refractivity contribution is 6.33. The van der Waals surface area contributed by atoms with Crippen LogP contribution in [0, 0.1) is 6.92 Å². The van der Waals surface area contributed by atoms with Crippen molar-refractivity contribution in [3.05, 3.63) is 63.7 Å². The summed E-state index contributed by atoms with van der Waals surface area (Å²) in [7, 11) is 1.92. The number of benzene rings is 2. The third-order valence-electron chi connectivity index (χ3n) is 3.97. The zero-order chi connectivity index (χ0) is 18.6. The molecular weight excluding hydrogens is 349 g/mol. The number of aryl methyl sites for hydroxylation is 1. The Balaban J connectivity index is 2.20. The number of halogens is 4. The quantitative estimate of drug-likeness (QED) is 0.476. The van der Waals surface area contributed by atoms with Crippen molar-refractivity contribution in [2.75, 3.05) is 13.6 Å². The molecule has 134 valence electrons. The molecular formula is C19H20ClF3N2. The van der Waals surface area contributed by atoms with Crippen LogP contribution in [0.25, 0.3) is 0 Å². The van der Waals surface area contributed by atoms with Gasteiger partial charge in [-0.15, -0.1) is 0 Å². The Morgan fingerprint density at radius 2 is 1.80 bits per heavy atom. The summed E-state index contributed by atoms with van der Waals surface area (Å²) in [6.07, 6.45) is -2.08. The maximum absolute atomic E-state index is 12.6.